The fraction of sp³-hybridized carbons (Fsp3) is 0.389. The first kappa shape index (κ1) is 18.9. The Morgan fingerprint density at radius 2 is 1.96 bits per heavy atom. The number of sulfonamides is 1. The third-order valence-electron chi connectivity index (χ3n) is 4.24. The van der Waals surface area contributed by atoms with Gasteiger partial charge in [-0.3, -0.25) is 4.90 Å². The average molecular weight is 397 g/mol. The van der Waals surface area contributed by atoms with Crippen LogP contribution in [0.1, 0.15) is 32.3 Å². The second-order valence-corrected chi connectivity index (χ2v) is 9.24. The van der Waals surface area contributed by atoms with Gasteiger partial charge >= 0.3 is 6.09 Å². The van der Waals surface area contributed by atoms with E-state index in [2.05, 4.69) is 0 Å². The van der Waals surface area contributed by atoms with Crippen molar-refractivity contribution in [3.63, 3.8) is 0 Å². The summed E-state index contributed by atoms with van der Waals surface area (Å²) in [7, 11) is -3.83. The molecule has 1 heterocycles. The van der Waals surface area contributed by atoms with Gasteiger partial charge < -0.3 is 4.74 Å². The molecule has 26 heavy (non-hydrogen) atoms. The fourth-order valence-electron chi connectivity index (χ4n) is 3.18. The van der Waals surface area contributed by atoms with Gasteiger partial charge in [0.1, 0.15) is 5.60 Å². The van der Waals surface area contributed by atoms with Crippen LogP contribution in [0.2, 0.25) is 0 Å². The molecular formula is C18H21ClN2O4S. The number of nitrogens with zero attached hydrogens (tertiary/aromatic N) is 1. The second-order valence-electron chi connectivity index (χ2n) is 7.37. The van der Waals surface area contributed by atoms with Crippen LogP contribution in [0.15, 0.2) is 35.2 Å². The van der Waals surface area contributed by atoms with Gasteiger partial charge in [0.2, 0.25) is 10.0 Å². The molecule has 1 aliphatic rings. The number of alkyl halides is 1. The molecule has 0 aliphatic carbocycles. The molecule has 2 aromatic carbocycles. The van der Waals surface area contributed by atoms with Crippen molar-refractivity contribution in [1.29, 1.82) is 0 Å². The molecule has 1 atom stereocenters. The maximum atomic E-state index is 12.6. The first-order chi connectivity index (χ1) is 12.0. The molecule has 8 heteroatoms. The van der Waals surface area contributed by atoms with Gasteiger partial charge in [-0.15, -0.1) is 11.6 Å². The number of benzene rings is 2. The van der Waals surface area contributed by atoms with E-state index in [0.29, 0.717) is 18.1 Å². The molecule has 0 aromatic heterocycles. The Morgan fingerprint density at radius 3 is 2.54 bits per heavy atom. The van der Waals surface area contributed by atoms with Gasteiger partial charge in [-0.05, 0) is 55.3 Å². The third kappa shape index (κ3) is 3.51. The maximum absolute atomic E-state index is 12.6. The van der Waals surface area contributed by atoms with E-state index in [1.165, 1.54) is 6.07 Å². The molecule has 0 spiro atoms. The molecule has 1 unspecified atom stereocenters. The zero-order valence-corrected chi connectivity index (χ0v) is 16.4. The summed E-state index contributed by atoms with van der Waals surface area (Å²) in [4.78, 5) is 14.2. The minimum absolute atomic E-state index is 0.0300. The summed E-state index contributed by atoms with van der Waals surface area (Å²) in [6.07, 6.45) is -0.451. The van der Waals surface area contributed by atoms with Crippen molar-refractivity contribution < 1.29 is 17.9 Å². The molecule has 2 aromatic rings. The van der Waals surface area contributed by atoms with E-state index < -0.39 is 21.7 Å². The number of rotatable bonds is 2. The van der Waals surface area contributed by atoms with Gasteiger partial charge in [-0.1, -0.05) is 12.1 Å². The summed E-state index contributed by atoms with van der Waals surface area (Å²) < 4.78 is 28.9. The Labute approximate surface area is 157 Å². The minimum atomic E-state index is -3.83. The lowest BCUT2D eigenvalue weighted by Crippen LogP contribution is -2.36. The number of halogens is 1. The lowest BCUT2D eigenvalue weighted by atomic mass is 9.96. The van der Waals surface area contributed by atoms with Crippen LogP contribution in [0.25, 0.3) is 10.8 Å². The molecule has 0 fully saturated rings. The average Bonchev–Trinajstić information content (AvgIpc) is 2.91. The van der Waals surface area contributed by atoms with E-state index in [-0.39, 0.29) is 10.8 Å². The summed E-state index contributed by atoms with van der Waals surface area (Å²) in [5, 5.41) is 6.85. The first-order valence-corrected chi connectivity index (χ1v) is 10.3. The topological polar surface area (TPSA) is 89.7 Å². The van der Waals surface area contributed by atoms with Gasteiger partial charge in [-0.25, -0.2) is 18.4 Å². The smallest absolute Gasteiger partial charge is 0.414 e. The summed E-state index contributed by atoms with van der Waals surface area (Å²) in [5.74, 6) is 0.170. The van der Waals surface area contributed by atoms with Gasteiger partial charge in [0.15, 0.2) is 0 Å². The van der Waals surface area contributed by atoms with Crippen molar-refractivity contribution >= 4 is 44.2 Å². The highest BCUT2D eigenvalue weighted by molar-refractivity contribution is 7.89. The highest BCUT2D eigenvalue weighted by Gasteiger charge is 2.35. The molecule has 0 saturated heterocycles. The molecule has 6 nitrogen and oxygen atoms in total. The van der Waals surface area contributed by atoms with Crippen LogP contribution in [0.5, 0.6) is 0 Å². The van der Waals surface area contributed by atoms with Crippen LogP contribution in [0.3, 0.4) is 0 Å². The maximum Gasteiger partial charge on any atom is 0.414 e. The van der Waals surface area contributed by atoms with Gasteiger partial charge in [0.05, 0.1) is 10.6 Å². The number of primary sulfonamides is 1. The largest absolute Gasteiger partial charge is 0.443 e. The molecule has 1 aliphatic heterocycles. The van der Waals surface area contributed by atoms with E-state index in [9.17, 15) is 13.2 Å². The number of nitrogens with two attached hydrogens (primary N) is 1. The van der Waals surface area contributed by atoms with Crippen molar-refractivity contribution in [2.45, 2.75) is 37.2 Å². The quantitative estimate of drug-likeness (QED) is 0.786. The third-order valence-corrected chi connectivity index (χ3v) is 5.53. The number of carbonyl (C=O) groups excluding carboxylic acids is 1. The van der Waals surface area contributed by atoms with Crippen LogP contribution in [0.4, 0.5) is 10.5 Å². The Hall–Kier alpha value is -1.83. The van der Waals surface area contributed by atoms with Gasteiger partial charge in [0.25, 0.3) is 0 Å². The van der Waals surface area contributed by atoms with Crippen LogP contribution in [-0.4, -0.2) is 32.5 Å². The molecule has 0 saturated carbocycles. The highest BCUT2D eigenvalue weighted by atomic mass is 35.5. The Morgan fingerprint density at radius 1 is 1.31 bits per heavy atom. The van der Waals surface area contributed by atoms with E-state index in [1.807, 2.05) is 12.1 Å². The molecule has 0 radical (unpaired) electrons. The minimum Gasteiger partial charge on any atom is -0.443 e. The zero-order chi connectivity index (χ0) is 19.3. The number of fused-ring (bicyclic) bond motifs is 3. The van der Waals surface area contributed by atoms with Crippen molar-refractivity contribution in [1.82, 2.24) is 0 Å². The van der Waals surface area contributed by atoms with E-state index in [4.69, 9.17) is 21.5 Å². The Bertz CT molecular complexity index is 983. The molecular weight excluding hydrogens is 376 g/mol. The van der Waals surface area contributed by atoms with E-state index in [0.717, 1.165) is 16.3 Å². The molecule has 1 amide bonds. The predicted molar refractivity (Wildman–Crippen MR) is 102 cm³/mol. The molecule has 3 rings (SSSR count). The normalized spacial score (nSPS) is 17.4. The summed E-state index contributed by atoms with van der Waals surface area (Å²) in [6, 6.07) is 8.40. The standard InChI is InChI=1S/C18H21ClN2O4S/c1-18(2,3)25-17(22)21-10-12(9-19)16-14-8-13(26(20,23)24)6-4-11(14)5-7-15(16)21/h4-8,12H,9-10H2,1-3H3,(H2,20,23,24). The summed E-state index contributed by atoms with van der Waals surface area (Å²) in [6.45, 7) is 5.80. The zero-order valence-electron chi connectivity index (χ0n) is 14.8. The molecule has 140 valence electrons. The van der Waals surface area contributed by atoms with Gasteiger partial charge in [0, 0.05) is 18.3 Å². The fourth-order valence-corrected chi connectivity index (χ4v) is 3.97. The van der Waals surface area contributed by atoms with Crippen molar-refractivity contribution in [3.8, 4) is 0 Å². The SMILES string of the molecule is CC(C)(C)OC(=O)N1CC(CCl)c2c1ccc1ccc(S(N)(=O)=O)cc21. The van der Waals surface area contributed by atoms with E-state index >= 15 is 0 Å². The van der Waals surface area contributed by atoms with Crippen molar-refractivity contribution in [2.75, 3.05) is 17.3 Å². The number of anilines is 1. The van der Waals surface area contributed by atoms with Crippen LogP contribution < -0.4 is 10.0 Å². The van der Waals surface area contributed by atoms with Crippen LogP contribution in [-0.2, 0) is 14.8 Å². The van der Waals surface area contributed by atoms with Crippen LogP contribution in [0, 0.1) is 0 Å². The monoisotopic (exact) mass is 396 g/mol. The van der Waals surface area contributed by atoms with E-state index in [1.54, 1.807) is 37.8 Å². The van der Waals surface area contributed by atoms with Crippen molar-refractivity contribution in [3.05, 3.63) is 35.9 Å². The lowest BCUT2D eigenvalue weighted by molar-refractivity contribution is 0.0582. The predicted octanol–water partition coefficient (Wildman–Crippen LogP) is 3.56. The first-order valence-electron chi connectivity index (χ1n) is 8.17. The Kier molecular flexibility index (Phi) is 4.67. The summed E-state index contributed by atoms with van der Waals surface area (Å²) in [5.41, 5.74) is 0.909. The molecule has 0 bridgehead atoms. The summed E-state index contributed by atoms with van der Waals surface area (Å²) >= 11 is 6.15. The van der Waals surface area contributed by atoms with Gasteiger partial charge in [-0.2, -0.15) is 0 Å². The number of hydrogen-bond donors (Lipinski definition) is 1. The van der Waals surface area contributed by atoms with Crippen LogP contribution >= 0.6 is 11.6 Å². The number of amides is 1. The van der Waals surface area contributed by atoms with Crippen molar-refractivity contribution in [2.24, 2.45) is 5.14 Å². The number of hydrogen-bond acceptors (Lipinski definition) is 4. The second kappa shape index (κ2) is 6.40. The Balaban J connectivity index is 2.16. The lowest BCUT2D eigenvalue weighted by Gasteiger charge is -2.25. The number of carbonyl (C=O) groups is 1. The highest BCUT2D eigenvalue weighted by Crippen LogP contribution is 2.42. The molecule has 2 N–H and O–H groups in total. The number of ether oxygens (including phenoxy) is 1.